The summed E-state index contributed by atoms with van der Waals surface area (Å²) >= 11 is 5.96. The van der Waals surface area contributed by atoms with Gasteiger partial charge in [-0.25, -0.2) is 0 Å². The lowest BCUT2D eigenvalue weighted by molar-refractivity contribution is -0.918. The van der Waals surface area contributed by atoms with Gasteiger partial charge in [0.1, 0.15) is 6.54 Å². The van der Waals surface area contributed by atoms with Gasteiger partial charge in [0, 0.05) is 35.0 Å². The normalized spacial score (nSPS) is 22.0. The van der Waals surface area contributed by atoms with Crippen LogP contribution >= 0.6 is 11.6 Å². The summed E-state index contributed by atoms with van der Waals surface area (Å²) in [6.45, 7) is 3.22. The fraction of sp³-hybridized carbons (Fsp3) is 0.409. The van der Waals surface area contributed by atoms with Crippen molar-refractivity contribution in [3.8, 4) is 0 Å². The number of quaternary nitrogens is 1. The van der Waals surface area contributed by atoms with E-state index in [0.29, 0.717) is 6.04 Å². The highest BCUT2D eigenvalue weighted by atomic mass is 35.5. The van der Waals surface area contributed by atoms with Crippen molar-refractivity contribution in [1.82, 2.24) is 5.32 Å². The van der Waals surface area contributed by atoms with Gasteiger partial charge in [-0.2, -0.15) is 0 Å². The van der Waals surface area contributed by atoms with E-state index in [-0.39, 0.29) is 5.91 Å². The predicted octanol–water partition coefficient (Wildman–Crippen LogP) is 2.81. The third kappa shape index (κ3) is 4.11. The molecule has 1 heterocycles. The van der Waals surface area contributed by atoms with E-state index in [4.69, 9.17) is 11.6 Å². The molecule has 0 atom stereocenters. The lowest BCUT2D eigenvalue weighted by Gasteiger charge is -2.30. The number of fused-ring (bicyclic) bond motifs is 1. The van der Waals surface area contributed by atoms with Crippen molar-refractivity contribution in [2.45, 2.75) is 44.7 Å². The maximum absolute atomic E-state index is 12.6. The molecule has 4 rings (SSSR count). The van der Waals surface area contributed by atoms with Crippen LogP contribution in [0.2, 0.25) is 5.02 Å². The lowest BCUT2D eigenvalue weighted by atomic mass is 10.0. The smallest absolute Gasteiger partial charge is 0.251 e. The molecule has 0 saturated carbocycles. The minimum atomic E-state index is 0.0888. The molecule has 3 nitrogen and oxygen atoms in total. The van der Waals surface area contributed by atoms with E-state index >= 15 is 0 Å². The van der Waals surface area contributed by atoms with Crippen molar-refractivity contribution < 1.29 is 9.69 Å². The molecule has 2 aromatic carbocycles. The second kappa shape index (κ2) is 7.81. The molecule has 1 aliphatic carbocycles. The van der Waals surface area contributed by atoms with Crippen molar-refractivity contribution in [2.24, 2.45) is 0 Å². The van der Waals surface area contributed by atoms with Gasteiger partial charge in [0.2, 0.25) is 0 Å². The summed E-state index contributed by atoms with van der Waals surface area (Å²) in [5.74, 6) is 0.0888. The van der Waals surface area contributed by atoms with Gasteiger partial charge in [-0.1, -0.05) is 29.8 Å². The minimum absolute atomic E-state index is 0.0888. The molecular weight excluding hydrogens is 344 g/mol. The molecule has 0 bridgehead atoms. The molecule has 26 heavy (non-hydrogen) atoms. The van der Waals surface area contributed by atoms with Crippen LogP contribution in [0.4, 0.5) is 0 Å². The third-order valence-electron chi connectivity index (χ3n) is 5.76. The number of carbonyl (C=O) groups excluding carboxylic acids is 1. The van der Waals surface area contributed by atoms with Crippen LogP contribution in [0, 0.1) is 0 Å². The van der Waals surface area contributed by atoms with Gasteiger partial charge in [0.15, 0.2) is 0 Å². The van der Waals surface area contributed by atoms with E-state index in [1.165, 1.54) is 23.1 Å². The van der Waals surface area contributed by atoms with Crippen molar-refractivity contribution in [3.05, 3.63) is 69.7 Å². The number of piperidine rings is 1. The number of benzene rings is 2. The van der Waals surface area contributed by atoms with Crippen LogP contribution in [-0.4, -0.2) is 25.0 Å². The molecule has 2 aromatic rings. The van der Waals surface area contributed by atoms with E-state index < -0.39 is 0 Å². The molecule has 0 spiro atoms. The number of rotatable bonds is 4. The number of nitrogens with one attached hydrogen (secondary N) is 2. The molecule has 1 fully saturated rings. The molecule has 136 valence electrons. The van der Waals surface area contributed by atoms with Crippen LogP contribution in [0.15, 0.2) is 42.5 Å². The molecule has 0 radical (unpaired) electrons. The van der Waals surface area contributed by atoms with Crippen LogP contribution in [0.1, 0.15) is 46.3 Å². The van der Waals surface area contributed by atoms with E-state index in [1.807, 2.05) is 18.2 Å². The van der Waals surface area contributed by atoms with E-state index in [9.17, 15) is 4.79 Å². The Hall–Kier alpha value is -1.84. The van der Waals surface area contributed by atoms with Crippen LogP contribution in [0.5, 0.6) is 0 Å². The monoisotopic (exact) mass is 369 g/mol. The Morgan fingerprint density at radius 1 is 1.04 bits per heavy atom. The van der Waals surface area contributed by atoms with Gasteiger partial charge in [0.25, 0.3) is 5.91 Å². The summed E-state index contributed by atoms with van der Waals surface area (Å²) < 4.78 is 0. The average molecular weight is 370 g/mol. The van der Waals surface area contributed by atoms with Crippen molar-refractivity contribution in [1.29, 1.82) is 0 Å². The first-order valence-corrected chi connectivity index (χ1v) is 10.1. The Morgan fingerprint density at radius 3 is 2.54 bits per heavy atom. The first-order valence-electron chi connectivity index (χ1n) is 9.68. The average Bonchev–Trinajstić information content (AvgIpc) is 3.13. The van der Waals surface area contributed by atoms with Gasteiger partial charge >= 0.3 is 0 Å². The van der Waals surface area contributed by atoms with Gasteiger partial charge in [-0.15, -0.1) is 0 Å². The Morgan fingerprint density at radius 2 is 1.77 bits per heavy atom. The fourth-order valence-electron chi connectivity index (χ4n) is 4.22. The fourth-order valence-corrected chi connectivity index (χ4v) is 4.35. The van der Waals surface area contributed by atoms with Crippen LogP contribution in [0.25, 0.3) is 0 Å². The van der Waals surface area contributed by atoms with Gasteiger partial charge in [-0.3, -0.25) is 4.79 Å². The predicted molar refractivity (Wildman–Crippen MR) is 105 cm³/mol. The lowest BCUT2D eigenvalue weighted by Crippen LogP contribution is -3.12. The zero-order valence-electron chi connectivity index (χ0n) is 15.1. The number of carbonyl (C=O) groups is 1. The highest BCUT2D eigenvalue weighted by molar-refractivity contribution is 6.30. The highest BCUT2D eigenvalue weighted by Gasteiger charge is 2.24. The van der Waals surface area contributed by atoms with Crippen molar-refractivity contribution in [2.75, 3.05) is 13.1 Å². The van der Waals surface area contributed by atoms with E-state index in [0.717, 1.165) is 55.9 Å². The van der Waals surface area contributed by atoms with Gasteiger partial charge < -0.3 is 10.2 Å². The van der Waals surface area contributed by atoms with Crippen LogP contribution < -0.4 is 10.2 Å². The maximum atomic E-state index is 12.6. The summed E-state index contributed by atoms with van der Waals surface area (Å²) in [7, 11) is 0. The van der Waals surface area contributed by atoms with Gasteiger partial charge in [-0.05, 0) is 54.7 Å². The molecule has 2 N–H and O–H groups in total. The molecule has 4 heteroatoms. The summed E-state index contributed by atoms with van der Waals surface area (Å²) in [6.07, 6.45) is 5.57. The second-order valence-corrected chi connectivity index (χ2v) is 8.07. The molecule has 0 unspecified atom stereocenters. The second-order valence-electron chi connectivity index (χ2n) is 7.64. The number of likely N-dealkylation sites (tertiary alicyclic amines) is 1. The Balaban J connectivity index is 1.28. The molecule has 2 aliphatic rings. The SMILES string of the molecule is O=C(NC1CC[NH+](Cc2ccc(Cl)cc2)CC1)c1ccc2c(c1)CCC2. The summed E-state index contributed by atoms with van der Waals surface area (Å²) in [5, 5.41) is 4.04. The quantitative estimate of drug-likeness (QED) is 0.853. The van der Waals surface area contributed by atoms with Crippen molar-refractivity contribution in [3.63, 3.8) is 0 Å². The van der Waals surface area contributed by atoms with E-state index in [1.54, 1.807) is 4.90 Å². The maximum Gasteiger partial charge on any atom is 0.251 e. The Labute approximate surface area is 160 Å². The first kappa shape index (κ1) is 17.6. The topological polar surface area (TPSA) is 33.5 Å². The minimum Gasteiger partial charge on any atom is -0.349 e. The number of aryl methyl sites for hydroxylation is 2. The highest BCUT2D eigenvalue weighted by Crippen LogP contribution is 2.23. The molecule has 0 aromatic heterocycles. The number of hydrogen-bond donors (Lipinski definition) is 2. The van der Waals surface area contributed by atoms with Crippen LogP contribution in [-0.2, 0) is 19.4 Å². The van der Waals surface area contributed by atoms with Crippen LogP contribution in [0.3, 0.4) is 0 Å². The molecular formula is C22H26ClN2O+. The number of halogens is 1. The largest absolute Gasteiger partial charge is 0.349 e. The summed E-state index contributed by atoms with van der Waals surface area (Å²) in [5.41, 5.74) is 4.92. The Kier molecular flexibility index (Phi) is 5.28. The molecule has 1 amide bonds. The van der Waals surface area contributed by atoms with E-state index in [2.05, 4.69) is 29.6 Å². The number of hydrogen-bond acceptors (Lipinski definition) is 1. The molecule has 1 saturated heterocycles. The first-order chi connectivity index (χ1) is 12.7. The van der Waals surface area contributed by atoms with Gasteiger partial charge in [0.05, 0.1) is 13.1 Å². The standard InChI is InChI=1S/C22H25ClN2O/c23-20-8-4-16(5-9-20)15-25-12-10-21(11-13-25)24-22(26)19-7-6-17-2-1-3-18(17)14-19/h4-9,14,21H,1-3,10-13,15H2,(H,24,26)/p+1. The summed E-state index contributed by atoms with van der Waals surface area (Å²) in [4.78, 5) is 14.2. The third-order valence-corrected chi connectivity index (χ3v) is 6.01. The zero-order valence-corrected chi connectivity index (χ0v) is 15.8. The Bertz CT molecular complexity index is 779. The molecule has 1 aliphatic heterocycles. The summed E-state index contributed by atoms with van der Waals surface area (Å²) in [6, 6.07) is 14.6. The zero-order chi connectivity index (χ0) is 17.9. The number of amides is 1. The van der Waals surface area contributed by atoms with Crippen molar-refractivity contribution >= 4 is 17.5 Å².